The van der Waals surface area contributed by atoms with Crippen LogP contribution in [0.4, 0.5) is 0 Å². The maximum absolute atomic E-state index is 6.31. The summed E-state index contributed by atoms with van der Waals surface area (Å²) in [6, 6.07) is 0. The maximum Gasteiger partial charge on any atom is 0.158 e. The van der Waals surface area contributed by atoms with Gasteiger partial charge in [-0.1, -0.05) is 34.6 Å². The van der Waals surface area contributed by atoms with E-state index in [1.807, 2.05) is 0 Å². The molecule has 1 heterocycles. The van der Waals surface area contributed by atoms with Gasteiger partial charge < -0.3 is 9.47 Å². The Kier molecular flexibility index (Phi) is 5.88. The molecule has 2 nitrogen and oxygen atoms in total. The standard InChI is InChI=1S/C17H34O2/c1-8-15-18-16(6,11-13(2)3)9-10-17(7,19-15)12-14(4)5/h13-15H,8-12H2,1-7H3. The van der Waals surface area contributed by atoms with Crippen molar-refractivity contribution >= 4 is 0 Å². The molecule has 0 aromatic rings. The molecule has 1 saturated heterocycles. The minimum absolute atomic E-state index is 0.0242. The molecule has 0 amide bonds. The Bertz CT molecular complexity index is 248. The van der Waals surface area contributed by atoms with Crippen LogP contribution < -0.4 is 0 Å². The van der Waals surface area contributed by atoms with Gasteiger partial charge in [0.2, 0.25) is 0 Å². The van der Waals surface area contributed by atoms with Crippen molar-refractivity contribution in [2.45, 2.75) is 98.1 Å². The predicted octanol–water partition coefficient (Wildman–Crippen LogP) is 5.16. The van der Waals surface area contributed by atoms with Crippen molar-refractivity contribution in [2.24, 2.45) is 11.8 Å². The summed E-state index contributed by atoms with van der Waals surface area (Å²) in [5.74, 6) is 1.33. The van der Waals surface area contributed by atoms with E-state index in [-0.39, 0.29) is 17.5 Å². The van der Waals surface area contributed by atoms with Gasteiger partial charge in [0.25, 0.3) is 0 Å². The van der Waals surface area contributed by atoms with Gasteiger partial charge >= 0.3 is 0 Å². The van der Waals surface area contributed by atoms with Gasteiger partial charge in [0.05, 0.1) is 11.2 Å². The van der Waals surface area contributed by atoms with Gasteiger partial charge in [-0.05, 0) is 57.8 Å². The molecule has 0 radical (unpaired) electrons. The van der Waals surface area contributed by atoms with Crippen molar-refractivity contribution < 1.29 is 9.47 Å². The first-order valence-electron chi connectivity index (χ1n) is 8.04. The summed E-state index contributed by atoms with van der Waals surface area (Å²) in [6.07, 6.45) is 5.32. The Morgan fingerprint density at radius 1 is 0.895 bits per heavy atom. The molecule has 0 aliphatic carbocycles. The summed E-state index contributed by atoms with van der Waals surface area (Å²) < 4.78 is 12.6. The van der Waals surface area contributed by atoms with Crippen LogP contribution in [-0.2, 0) is 9.47 Å². The zero-order valence-electron chi connectivity index (χ0n) is 14.1. The zero-order chi connectivity index (χ0) is 14.7. The van der Waals surface area contributed by atoms with Gasteiger partial charge in [-0.2, -0.15) is 0 Å². The highest BCUT2D eigenvalue weighted by molar-refractivity contribution is 4.87. The van der Waals surface area contributed by atoms with E-state index < -0.39 is 0 Å². The summed E-state index contributed by atoms with van der Waals surface area (Å²) in [6.45, 7) is 15.8. The van der Waals surface area contributed by atoms with E-state index in [0.717, 1.165) is 32.1 Å². The molecule has 2 unspecified atom stereocenters. The molecule has 1 fully saturated rings. The first-order valence-corrected chi connectivity index (χ1v) is 8.04. The highest BCUT2D eigenvalue weighted by Crippen LogP contribution is 2.39. The van der Waals surface area contributed by atoms with Gasteiger partial charge in [-0.25, -0.2) is 0 Å². The fourth-order valence-corrected chi connectivity index (χ4v) is 3.50. The SMILES string of the molecule is CCC1OC(C)(CC(C)C)CCC(C)(CC(C)C)O1. The molecule has 0 saturated carbocycles. The second-order valence-electron chi connectivity index (χ2n) is 7.67. The van der Waals surface area contributed by atoms with Crippen LogP contribution >= 0.6 is 0 Å². The van der Waals surface area contributed by atoms with Gasteiger partial charge in [0.15, 0.2) is 6.29 Å². The molecule has 1 rings (SSSR count). The fourth-order valence-electron chi connectivity index (χ4n) is 3.50. The Hall–Kier alpha value is -0.0800. The quantitative estimate of drug-likeness (QED) is 0.687. The van der Waals surface area contributed by atoms with Crippen molar-refractivity contribution in [1.82, 2.24) is 0 Å². The molecule has 0 bridgehead atoms. The lowest BCUT2D eigenvalue weighted by Crippen LogP contribution is -2.35. The van der Waals surface area contributed by atoms with Crippen LogP contribution in [-0.4, -0.2) is 17.5 Å². The third-order valence-electron chi connectivity index (χ3n) is 4.03. The predicted molar refractivity (Wildman–Crippen MR) is 81.2 cm³/mol. The summed E-state index contributed by atoms with van der Waals surface area (Å²) in [7, 11) is 0. The van der Waals surface area contributed by atoms with Gasteiger partial charge in [-0.3, -0.25) is 0 Å². The average Bonchev–Trinajstić information content (AvgIpc) is 2.34. The lowest BCUT2D eigenvalue weighted by Gasteiger charge is -2.33. The van der Waals surface area contributed by atoms with Crippen LogP contribution in [0.1, 0.15) is 80.6 Å². The van der Waals surface area contributed by atoms with E-state index >= 15 is 0 Å². The van der Waals surface area contributed by atoms with Crippen LogP contribution in [0.3, 0.4) is 0 Å². The molecule has 2 atom stereocenters. The number of hydrogen-bond donors (Lipinski definition) is 0. The maximum atomic E-state index is 6.31. The van der Waals surface area contributed by atoms with Crippen molar-refractivity contribution in [3.63, 3.8) is 0 Å². The summed E-state index contributed by atoms with van der Waals surface area (Å²) in [5.41, 5.74) is -0.0484. The highest BCUT2D eigenvalue weighted by atomic mass is 16.7. The van der Waals surface area contributed by atoms with Crippen LogP contribution in [0.25, 0.3) is 0 Å². The molecule has 1 aliphatic rings. The van der Waals surface area contributed by atoms with Crippen LogP contribution in [0.5, 0.6) is 0 Å². The van der Waals surface area contributed by atoms with E-state index in [1.165, 1.54) is 0 Å². The number of ether oxygens (including phenoxy) is 2. The first kappa shape index (κ1) is 17.0. The monoisotopic (exact) mass is 270 g/mol. The van der Waals surface area contributed by atoms with Crippen LogP contribution in [0, 0.1) is 11.8 Å². The molecule has 114 valence electrons. The molecule has 0 N–H and O–H groups in total. The van der Waals surface area contributed by atoms with Gasteiger partial charge in [-0.15, -0.1) is 0 Å². The lowest BCUT2D eigenvalue weighted by molar-refractivity contribution is -0.232. The van der Waals surface area contributed by atoms with E-state index in [2.05, 4.69) is 48.5 Å². The summed E-state index contributed by atoms with van der Waals surface area (Å²) in [5, 5.41) is 0. The fraction of sp³-hybridized carbons (Fsp3) is 1.00. The summed E-state index contributed by atoms with van der Waals surface area (Å²) in [4.78, 5) is 0. The second-order valence-corrected chi connectivity index (χ2v) is 7.67. The third kappa shape index (κ3) is 5.43. The molecule has 0 aromatic heterocycles. The lowest BCUT2D eigenvalue weighted by atomic mass is 9.83. The molecule has 1 aliphatic heterocycles. The summed E-state index contributed by atoms with van der Waals surface area (Å²) >= 11 is 0. The van der Waals surface area contributed by atoms with Gasteiger partial charge in [0.1, 0.15) is 0 Å². The van der Waals surface area contributed by atoms with Crippen molar-refractivity contribution in [2.75, 3.05) is 0 Å². The van der Waals surface area contributed by atoms with Crippen LogP contribution in [0.2, 0.25) is 0 Å². The van der Waals surface area contributed by atoms with Crippen LogP contribution in [0.15, 0.2) is 0 Å². The van der Waals surface area contributed by atoms with E-state index in [1.54, 1.807) is 0 Å². The van der Waals surface area contributed by atoms with Gasteiger partial charge in [0, 0.05) is 0 Å². The zero-order valence-corrected chi connectivity index (χ0v) is 14.1. The molecular formula is C17H34O2. The van der Waals surface area contributed by atoms with E-state index in [0.29, 0.717) is 11.8 Å². The first-order chi connectivity index (χ1) is 8.68. The highest BCUT2D eigenvalue weighted by Gasteiger charge is 2.40. The molecular weight excluding hydrogens is 236 g/mol. The Labute approximate surface area is 120 Å². The number of hydrogen-bond acceptors (Lipinski definition) is 2. The molecule has 2 heteroatoms. The average molecular weight is 270 g/mol. The Balaban J connectivity index is 2.81. The van der Waals surface area contributed by atoms with E-state index in [9.17, 15) is 0 Å². The largest absolute Gasteiger partial charge is 0.346 e. The molecule has 0 aromatic carbocycles. The number of rotatable bonds is 5. The smallest absolute Gasteiger partial charge is 0.158 e. The molecule has 0 spiro atoms. The van der Waals surface area contributed by atoms with Crippen molar-refractivity contribution in [3.8, 4) is 0 Å². The Morgan fingerprint density at radius 2 is 1.26 bits per heavy atom. The Morgan fingerprint density at radius 3 is 1.53 bits per heavy atom. The molecule has 19 heavy (non-hydrogen) atoms. The van der Waals surface area contributed by atoms with Crippen molar-refractivity contribution in [1.29, 1.82) is 0 Å². The topological polar surface area (TPSA) is 18.5 Å². The minimum Gasteiger partial charge on any atom is -0.346 e. The minimum atomic E-state index is -0.0463. The normalized spacial score (nSPS) is 36.8. The van der Waals surface area contributed by atoms with E-state index in [4.69, 9.17) is 9.47 Å². The second kappa shape index (κ2) is 6.58. The third-order valence-corrected chi connectivity index (χ3v) is 4.03. The van der Waals surface area contributed by atoms with Crippen molar-refractivity contribution in [3.05, 3.63) is 0 Å².